The molecule has 1 aliphatic rings. The molecule has 1 aliphatic heterocycles. The van der Waals surface area contributed by atoms with E-state index in [0.29, 0.717) is 25.9 Å². The first-order valence-electron chi connectivity index (χ1n) is 8.95. The Morgan fingerprint density at radius 1 is 1.08 bits per heavy atom. The summed E-state index contributed by atoms with van der Waals surface area (Å²) in [5.74, 6) is 0.110. The zero-order valence-corrected chi connectivity index (χ0v) is 15.4. The van der Waals surface area contributed by atoms with E-state index in [1.54, 1.807) is 0 Å². The van der Waals surface area contributed by atoms with Gasteiger partial charge in [0.15, 0.2) is 0 Å². The number of likely N-dealkylation sites (tertiary alicyclic amines) is 1. The summed E-state index contributed by atoms with van der Waals surface area (Å²) in [7, 11) is 0. The van der Waals surface area contributed by atoms with Crippen molar-refractivity contribution in [1.29, 1.82) is 0 Å². The zero-order chi connectivity index (χ0) is 18.4. The van der Waals surface area contributed by atoms with Crippen molar-refractivity contribution in [3.8, 4) is 0 Å². The summed E-state index contributed by atoms with van der Waals surface area (Å²) in [5.41, 5.74) is 2.28. The van der Waals surface area contributed by atoms with Gasteiger partial charge in [-0.05, 0) is 36.1 Å². The lowest BCUT2D eigenvalue weighted by atomic mass is 10.1. The van der Waals surface area contributed by atoms with E-state index in [1.165, 1.54) is 5.56 Å². The van der Waals surface area contributed by atoms with Gasteiger partial charge < -0.3 is 10.2 Å². The van der Waals surface area contributed by atoms with Gasteiger partial charge in [-0.3, -0.25) is 9.59 Å². The number of carbonyl (C=O) groups excluding carboxylic acids is 2. The third-order valence-corrected chi connectivity index (χ3v) is 4.83. The molecule has 0 bridgehead atoms. The molecule has 1 atom stereocenters. The van der Waals surface area contributed by atoms with E-state index in [2.05, 4.69) is 5.32 Å². The quantitative estimate of drug-likeness (QED) is 0.809. The molecule has 1 saturated heterocycles. The number of rotatable bonds is 7. The molecule has 1 heterocycles. The number of halogens is 1. The van der Waals surface area contributed by atoms with Gasteiger partial charge in [0.05, 0.1) is 6.04 Å². The second-order valence-electron chi connectivity index (χ2n) is 6.71. The van der Waals surface area contributed by atoms with Gasteiger partial charge in [0.2, 0.25) is 11.8 Å². The molecule has 0 aromatic heterocycles. The molecule has 4 nitrogen and oxygen atoms in total. The number of benzene rings is 2. The van der Waals surface area contributed by atoms with E-state index < -0.39 is 0 Å². The van der Waals surface area contributed by atoms with E-state index >= 15 is 0 Å². The molecule has 2 aromatic carbocycles. The highest BCUT2D eigenvalue weighted by Gasteiger charge is 2.30. The minimum atomic E-state index is -0.0887. The Balaban J connectivity index is 1.40. The Morgan fingerprint density at radius 2 is 1.81 bits per heavy atom. The molecule has 0 unspecified atom stereocenters. The summed E-state index contributed by atoms with van der Waals surface area (Å²) in [5, 5.41) is 3.72. The molecule has 2 aromatic rings. The normalized spacial score (nSPS) is 16.7. The maximum atomic E-state index is 12.2. The minimum Gasteiger partial charge on any atom is -0.351 e. The number of nitrogens with one attached hydrogen (secondary N) is 1. The number of hydrogen-bond donors (Lipinski definition) is 1. The molecule has 0 radical (unpaired) electrons. The molecular formula is C21H23ClN2O2. The highest BCUT2D eigenvalue weighted by atomic mass is 35.5. The van der Waals surface area contributed by atoms with Crippen molar-refractivity contribution in [1.82, 2.24) is 10.2 Å². The first-order valence-corrected chi connectivity index (χ1v) is 9.33. The maximum Gasteiger partial charge on any atom is 0.225 e. The van der Waals surface area contributed by atoms with Crippen LogP contribution in [0.4, 0.5) is 0 Å². The van der Waals surface area contributed by atoms with Crippen LogP contribution in [0.15, 0.2) is 54.6 Å². The van der Waals surface area contributed by atoms with Crippen LogP contribution in [0.1, 0.15) is 30.4 Å². The summed E-state index contributed by atoms with van der Waals surface area (Å²) >= 11 is 5.87. The molecule has 0 aliphatic carbocycles. The van der Waals surface area contributed by atoms with Crippen LogP contribution in [-0.4, -0.2) is 29.3 Å². The van der Waals surface area contributed by atoms with Gasteiger partial charge in [0, 0.05) is 31.0 Å². The Kier molecular flexibility index (Phi) is 6.29. The van der Waals surface area contributed by atoms with Gasteiger partial charge in [0.1, 0.15) is 0 Å². The van der Waals surface area contributed by atoms with Crippen LogP contribution in [0.25, 0.3) is 0 Å². The molecular weight excluding hydrogens is 348 g/mol. The van der Waals surface area contributed by atoms with Gasteiger partial charge in [-0.15, -0.1) is 0 Å². The van der Waals surface area contributed by atoms with Crippen molar-refractivity contribution < 1.29 is 9.59 Å². The zero-order valence-electron chi connectivity index (χ0n) is 14.7. The van der Waals surface area contributed by atoms with E-state index in [0.717, 1.165) is 23.4 Å². The van der Waals surface area contributed by atoms with Gasteiger partial charge in [0.25, 0.3) is 0 Å². The van der Waals surface area contributed by atoms with Gasteiger partial charge in [-0.25, -0.2) is 0 Å². The largest absolute Gasteiger partial charge is 0.351 e. The monoisotopic (exact) mass is 370 g/mol. The van der Waals surface area contributed by atoms with Crippen molar-refractivity contribution in [3.05, 3.63) is 70.7 Å². The lowest BCUT2D eigenvalue weighted by Gasteiger charge is -2.17. The molecule has 3 rings (SSSR count). The fourth-order valence-electron chi connectivity index (χ4n) is 3.23. The Morgan fingerprint density at radius 3 is 2.54 bits per heavy atom. The van der Waals surface area contributed by atoms with Crippen LogP contribution < -0.4 is 5.32 Å². The predicted octanol–water partition coefficient (Wildman–Crippen LogP) is 3.58. The van der Waals surface area contributed by atoms with Crippen LogP contribution in [0.2, 0.25) is 5.02 Å². The van der Waals surface area contributed by atoms with Crippen molar-refractivity contribution in [3.63, 3.8) is 0 Å². The lowest BCUT2D eigenvalue weighted by Crippen LogP contribution is -2.36. The van der Waals surface area contributed by atoms with Crippen LogP contribution in [0, 0.1) is 0 Å². The van der Waals surface area contributed by atoms with E-state index in [9.17, 15) is 9.59 Å². The second kappa shape index (κ2) is 8.86. The molecule has 0 spiro atoms. The average molecular weight is 371 g/mol. The topological polar surface area (TPSA) is 49.4 Å². The number of amides is 2. The fraction of sp³-hybridized carbons (Fsp3) is 0.333. The first kappa shape index (κ1) is 18.5. The fourth-order valence-corrected chi connectivity index (χ4v) is 3.36. The average Bonchev–Trinajstić information content (AvgIpc) is 2.96. The Bertz CT molecular complexity index is 746. The molecule has 136 valence electrons. The van der Waals surface area contributed by atoms with Crippen LogP contribution in [0.3, 0.4) is 0 Å². The lowest BCUT2D eigenvalue weighted by molar-refractivity contribution is -0.128. The van der Waals surface area contributed by atoms with Crippen LogP contribution in [0.5, 0.6) is 0 Å². The summed E-state index contributed by atoms with van der Waals surface area (Å²) in [6.45, 7) is 1.18. The van der Waals surface area contributed by atoms with E-state index in [1.807, 2.05) is 59.5 Å². The number of carbonyl (C=O) groups is 2. The number of aryl methyl sites for hydroxylation is 1. The third kappa shape index (κ3) is 5.33. The Labute approximate surface area is 159 Å². The maximum absolute atomic E-state index is 12.2. The number of nitrogens with zero attached hydrogens (tertiary/aromatic N) is 1. The number of hydrogen-bond acceptors (Lipinski definition) is 2. The second-order valence-corrected chi connectivity index (χ2v) is 7.14. The van der Waals surface area contributed by atoms with Gasteiger partial charge in [-0.2, -0.15) is 0 Å². The third-order valence-electron chi connectivity index (χ3n) is 4.58. The molecule has 26 heavy (non-hydrogen) atoms. The smallest absolute Gasteiger partial charge is 0.225 e. The van der Waals surface area contributed by atoms with Crippen molar-refractivity contribution >= 4 is 23.4 Å². The summed E-state index contributed by atoms with van der Waals surface area (Å²) in [6, 6.07) is 17.5. The molecule has 1 fully saturated rings. The minimum absolute atomic E-state index is 0.0123. The molecule has 1 N–H and O–H groups in total. The van der Waals surface area contributed by atoms with E-state index in [4.69, 9.17) is 11.6 Å². The summed E-state index contributed by atoms with van der Waals surface area (Å²) < 4.78 is 0. The highest BCUT2D eigenvalue weighted by molar-refractivity contribution is 6.30. The van der Waals surface area contributed by atoms with Gasteiger partial charge >= 0.3 is 0 Å². The first-order chi connectivity index (χ1) is 12.6. The SMILES string of the molecule is O=C(CCCc1ccc(Cl)cc1)N[C@H]1CC(=O)N(Cc2ccccc2)C1. The molecule has 5 heteroatoms. The van der Waals surface area contributed by atoms with Crippen LogP contribution in [-0.2, 0) is 22.6 Å². The highest BCUT2D eigenvalue weighted by Crippen LogP contribution is 2.16. The van der Waals surface area contributed by atoms with Crippen molar-refractivity contribution in [2.24, 2.45) is 0 Å². The standard InChI is InChI=1S/C21H23ClN2O2/c22-18-11-9-16(10-12-18)7-4-8-20(25)23-19-13-21(26)24(15-19)14-17-5-2-1-3-6-17/h1-3,5-6,9-12,19H,4,7-8,13-15H2,(H,23,25)/t19-/m0/s1. The van der Waals surface area contributed by atoms with Crippen molar-refractivity contribution in [2.75, 3.05) is 6.54 Å². The molecule has 2 amide bonds. The van der Waals surface area contributed by atoms with Gasteiger partial charge in [-0.1, -0.05) is 54.1 Å². The van der Waals surface area contributed by atoms with Crippen LogP contribution >= 0.6 is 11.6 Å². The Hall–Kier alpha value is -2.33. The summed E-state index contributed by atoms with van der Waals surface area (Å²) in [6.07, 6.45) is 2.47. The van der Waals surface area contributed by atoms with Crippen molar-refractivity contribution in [2.45, 2.75) is 38.3 Å². The predicted molar refractivity (Wildman–Crippen MR) is 103 cm³/mol. The van der Waals surface area contributed by atoms with E-state index in [-0.39, 0.29) is 17.9 Å². The molecule has 0 saturated carbocycles. The summed E-state index contributed by atoms with van der Waals surface area (Å²) in [4.78, 5) is 26.1.